The molecule has 90 valence electrons. The molecule has 5 heteroatoms. The third-order valence-electron chi connectivity index (χ3n) is 2.01. The van der Waals surface area contributed by atoms with Crippen LogP contribution in [0.5, 0.6) is 5.75 Å². The minimum absolute atomic E-state index is 0. The van der Waals surface area contributed by atoms with Gasteiger partial charge in [0.1, 0.15) is 5.75 Å². The molecule has 0 spiro atoms. The number of halogens is 1. The molecule has 1 aromatic rings. The van der Waals surface area contributed by atoms with Crippen molar-refractivity contribution in [3.63, 3.8) is 0 Å². The number of aliphatic carboxylic acids is 1. The largest absolute Gasteiger partial charge is 0.494 e. The van der Waals surface area contributed by atoms with Crippen molar-refractivity contribution in [3.8, 4) is 5.75 Å². The smallest absolute Gasteiger partial charge is 0.305 e. The van der Waals surface area contributed by atoms with Crippen LogP contribution in [0.15, 0.2) is 24.3 Å². The van der Waals surface area contributed by atoms with Crippen molar-refractivity contribution in [2.45, 2.75) is 19.4 Å². The molecule has 0 saturated carbocycles. The van der Waals surface area contributed by atoms with E-state index in [0.29, 0.717) is 6.61 Å². The van der Waals surface area contributed by atoms with E-state index in [-0.39, 0.29) is 18.8 Å². The van der Waals surface area contributed by atoms with E-state index in [0.717, 1.165) is 11.3 Å². The second-order valence-corrected chi connectivity index (χ2v) is 3.21. The highest BCUT2D eigenvalue weighted by atomic mass is 35.5. The summed E-state index contributed by atoms with van der Waals surface area (Å²) in [7, 11) is 0. The van der Waals surface area contributed by atoms with E-state index in [4.69, 9.17) is 15.6 Å². The number of ether oxygens (including phenoxy) is 1. The molecule has 0 heterocycles. The lowest BCUT2D eigenvalue weighted by molar-refractivity contribution is -0.137. The minimum atomic E-state index is -0.892. The zero-order chi connectivity index (χ0) is 11.3. The van der Waals surface area contributed by atoms with Gasteiger partial charge in [-0.2, -0.15) is 0 Å². The van der Waals surface area contributed by atoms with Gasteiger partial charge in [-0.25, -0.2) is 0 Å². The Morgan fingerprint density at radius 2 is 2.00 bits per heavy atom. The van der Waals surface area contributed by atoms with Crippen LogP contribution in [0.25, 0.3) is 0 Å². The van der Waals surface area contributed by atoms with Crippen LogP contribution in [0.4, 0.5) is 0 Å². The SMILES string of the molecule is CCOc1ccc(C(N)CC(=O)O)cc1.Cl. The van der Waals surface area contributed by atoms with E-state index in [1.54, 1.807) is 24.3 Å². The Labute approximate surface area is 101 Å². The van der Waals surface area contributed by atoms with E-state index < -0.39 is 12.0 Å². The highest BCUT2D eigenvalue weighted by Crippen LogP contribution is 2.18. The first kappa shape index (κ1) is 14.7. The van der Waals surface area contributed by atoms with Gasteiger partial charge in [0.15, 0.2) is 0 Å². The molecule has 0 fully saturated rings. The first-order valence-electron chi connectivity index (χ1n) is 4.83. The standard InChI is InChI=1S/C11H15NO3.ClH/c1-2-15-9-5-3-8(4-6-9)10(12)7-11(13)14;/h3-6,10H,2,7,12H2,1H3,(H,13,14);1H. The molecule has 1 atom stereocenters. The first-order chi connectivity index (χ1) is 7.13. The number of nitrogens with two attached hydrogens (primary N) is 1. The fourth-order valence-corrected chi connectivity index (χ4v) is 1.28. The first-order valence-corrected chi connectivity index (χ1v) is 4.83. The second kappa shape index (κ2) is 7.09. The van der Waals surface area contributed by atoms with Gasteiger partial charge in [0.25, 0.3) is 0 Å². The molecular formula is C11H16ClNO3. The van der Waals surface area contributed by atoms with Gasteiger partial charge in [0, 0.05) is 6.04 Å². The highest BCUT2D eigenvalue weighted by molar-refractivity contribution is 5.85. The Hall–Kier alpha value is -1.26. The Kier molecular flexibility index (Phi) is 6.53. The fraction of sp³-hybridized carbons (Fsp3) is 0.364. The van der Waals surface area contributed by atoms with Crippen LogP contribution in [0, 0.1) is 0 Å². The molecular weight excluding hydrogens is 230 g/mol. The number of carbonyl (C=O) groups is 1. The van der Waals surface area contributed by atoms with Crippen LogP contribution in [0.2, 0.25) is 0 Å². The molecule has 4 nitrogen and oxygen atoms in total. The summed E-state index contributed by atoms with van der Waals surface area (Å²) in [6.45, 7) is 2.52. The van der Waals surface area contributed by atoms with Crippen LogP contribution in [-0.4, -0.2) is 17.7 Å². The molecule has 0 aliphatic heterocycles. The molecule has 0 amide bonds. The van der Waals surface area contributed by atoms with Crippen molar-refractivity contribution in [2.75, 3.05) is 6.61 Å². The van der Waals surface area contributed by atoms with Gasteiger partial charge >= 0.3 is 5.97 Å². The molecule has 16 heavy (non-hydrogen) atoms. The number of rotatable bonds is 5. The predicted octanol–water partition coefficient (Wildman–Crippen LogP) is 1.98. The number of benzene rings is 1. The zero-order valence-corrected chi connectivity index (χ0v) is 9.87. The number of hydrogen-bond acceptors (Lipinski definition) is 3. The van der Waals surface area contributed by atoms with E-state index >= 15 is 0 Å². The Balaban J connectivity index is 0.00000225. The lowest BCUT2D eigenvalue weighted by atomic mass is 10.1. The summed E-state index contributed by atoms with van der Waals surface area (Å²) in [5.74, 6) is -0.125. The minimum Gasteiger partial charge on any atom is -0.494 e. The summed E-state index contributed by atoms with van der Waals surface area (Å²) < 4.78 is 5.26. The summed E-state index contributed by atoms with van der Waals surface area (Å²) in [4.78, 5) is 10.4. The summed E-state index contributed by atoms with van der Waals surface area (Å²) in [5, 5.41) is 8.58. The van der Waals surface area contributed by atoms with Gasteiger partial charge < -0.3 is 15.6 Å². The monoisotopic (exact) mass is 245 g/mol. The molecule has 3 N–H and O–H groups in total. The molecule has 0 aromatic heterocycles. The molecule has 0 saturated heterocycles. The predicted molar refractivity (Wildman–Crippen MR) is 64.0 cm³/mol. The van der Waals surface area contributed by atoms with Crippen molar-refractivity contribution < 1.29 is 14.6 Å². The molecule has 0 aliphatic carbocycles. The molecule has 0 radical (unpaired) electrons. The maximum absolute atomic E-state index is 10.4. The Morgan fingerprint density at radius 3 is 2.44 bits per heavy atom. The van der Waals surface area contributed by atoms with E-state index in [9.17, 15) is 4.79 Å². The van der Waals surface area contributed by atoms with E-state index in [2.05, 4.69) is 0 Å². The van der Waals surface area contributed by atoms with E-state index in [1.165, 1.54) is 0 Å². The normalized spacial score (nSPS) is 11.4. The van der Waals surface area contributed by atoms with Gasteiger partial charge in [-0.05, 0) is 24.6 Å². The van der Waals surface area contributed by atoms with Gasteiger partial charge in [0.2, 0.25) is 0 Å². The van der Waals surface area contributed by atoms with Crippen molar-refractivity contribution in [2.24, 2.45) is 5.73 Å². The van der Waals surface area contributed by atoms with Crippen molar-refractivity contribution >= 4 is 18.4 Å². The van der Waals surface area contributed by atoms with Gasteiger partial charge in [-0.1, -0.05) is 12.1 Å². The molecule has 1 aromatic carbocycles. The number of hydrogen-bond donors (Lipinski definition) is 2. The maximum Gasteiger partial charge on any atom is 0.305 e. The van der Waals surface area contributed by atoms with Crippen LogP contribution in [-0.2, 0) is 4.79 Å². The lowest BCUT2D eigenvalue weighted by Crippen LogP contribution is -2.14. The lowest BCUT2D eigenvalue weighted by Gasteiger charge is -2.10. The van der Waals surface area contributed by atoms with Crippen molar-refractivity contribution in [1.82, 2.24) is 0 Å². The number of carboxylic acid groups (broad SMARTS) is 1. The zero-order valence-electron chi connectivity index (χ0n) is 9.05. The summed E-state index contributed by atoms with van der Waals surface area (Å²) >= 11 is 0. The Morgan fingerprint density at radius 1 is 1.44 bits per heavy atom. The third kappa shape index (κ3) is 4.51. The molecule has 0 aliphatic rings. The summed E-state index contributed by atoms with van der Waals surface area (Å²) in [6, 6.07) is 6.70. The van der Waals surface area contributed by atoms with Crippen molar-refractivity contribution in [1.29, 1.82) is 0 Å². The van der Waals surface area contributed by atoms with Gasteiger partial charge in [0.05, 0.1) is 13.0 Å². The molecule has 1 rings (SSSR count). The summed E-state index contributed by atoms with van der Waals surface area (Å²) in [6.07, 6.45) is -0.0615. The third-order valence-corrected chi connectivity index (χ3v) is 2.01. The van der Waals surface area contributed by atoms with Crippen LogP contribution in [0.1, 0.15) is 24.9 Å². The fourth-order valence-electron chi connectivity index (χ4n) is 1.28. The number of carboxylic acids is 1. The highest BCUT2D eigenvalue weighted by Gasteiger charge is 2.10. The molecule has 0 bridgehead atoms. The van der Waals surface area contributed by atoms with Gasteiger partial charge in [-0.3, -0.25) is 4.79 Å². The topological polar surface area (TPSA) is 72.5 Å². The summed E-state index contributed by atoms with van der Waals surface area (Å²) in [5.41, 5.74) is 6.50. The average molecular weight is 246 g/mol. The maximum atomic E-state index is 10.4. The Bertz CT molecular complexity index is 327. The quantitative estimate of drug-likeness (QED) is 0.832. The van der Waals surface area contributed by atoms with E-state index in [1.807, 2.05) is 6.92 Å². The molecule has 1 unspecified atom stereocenters. The van der Waals surface area contributed by atoms with Gasteiger partial charge in [-0.15, -0.1) is 12.4 Å². The average Bonchev–Trinajstić information content (AvgIpc) is 2.18. The van der Waals surface area contributed by atoms with Crippen LogP contribution < -0.4 is 10.5 Å². The van der Waals surface area contributed by atoms with Crippen molar-refractivity contribution in [3.05, 3.63) is 29.8 Å². The van der Waals surface area contributed by atoms with Crippen LogP contribution >= 0.6 is 12.4 Å². The van der Waals surface area contributed by atoms with Crippen LogP contribution in [0.3, 0.4) is 0 Å². The second-order valence-electron chi connectivity index (χ2n) is 3.21.